The minimum absolute atomic E-state index is 0.113. The number of hydrogen-bond acceptors (Lipinski definition) is 5. The summed E-state index contributed by atoms with van der Waals surface area (Å²) in [5.41, 5.74) is 3.74. The average molecular weight is 347 g/mol. The van der Waals surface area contributed by atoms with Crippen molar-refractivity contribution in [1.29, 1.82) is 0 Å². The van der Waals surface area contributed by atoms with Crippen LogP contribution < -0.4 is 0 Å². The first-order valence-corrected chi connectivity index (χ1v) is 9.66. The van der Waals surface area contributed by atoms with Crippen molar-refractivity contribution in [3.63, 3.8) is 0 Å². The standard InChI is InChI=1S/C17H17NO3S2/c1-12-3-6-14(7-4-12)23(19,20)21-18-16-9-10-22-17-8-5-13(2)11-15(16)17/h3-8,11H,9-10H2,1-2H3/b18-16-. The molecule has 0 fully saturated rings. The quantitative estimate of drug-likeness (QED) is 0.790. The van der Waals surface area contributed by atoms with E-state index in [1.807, 2.05) is 32.0 Å². The summed E-state index contributed by atoms with van der Waals surface area (Å²) in [6, 6.07) is 12.6. The van der Waals surface area contributed by atoms with E-state index in [-0.39, 0.29) is 4.90 Å². The maximum atomic E-state index is 12.2. The van der Waals surface area contributed by atoms with E-state index in [2.05, 4.69) is 5.16 Å². The molecule has 3 rings (SSSR count). The number of fused-ring (bicyclic) bond motifs is 1. The van der Waals surface area contributed by atoms with E-state index >= 15 is 0 Å². The number of thioether (sulfide) groups is 1. The van der Waals surface area contributed by atoms with Gasteiger partial charge in [0.1, 0.15) is 4.90 Å². The van der Waals surface area contributed by atoms with E-state index in [4.69, 9.17) is 4.28 Å². The maximum Gasteiger partial charge on any atom is 0.358 e. The molecule has 4 nitrogen and oxygen atoms in total. The Hall–Kier alpha value is -1.79. The minimum Gasteiger partial charge on any atom is -0.264 e. The number of hydrogen-bond donors (Lipinski definition) is 0. The van der Waals surface area contributed by atoms with Crippen LogP contribution in [-0.2, 0) is 14.4 Å². The first-order chi connectivity index (χ1) is 11.0. The molecule has 0 bridgehead atoms. The van der Waals surface area contributed by atoms with Gasteiger partial charge in [-0.15, -0.1) is 11.8 Å². The topological polar surface area (TPSA) is 55.7 Å². The van der Waals surface area contributed by atoms with E-state index in [1.165, 1.54) is 12.1 Å². The molecule has 0 saturated carbocycles. The third-order valence-corrected chi connectivity index (χ3v) is 5.79. The molecule has 1 aliphatic rings. The summed E-state index contributed by atoms with van der Waals surface area (Å²) in [7, 11) is -3.88. The van der Waals surface area contributed by atoms with Crippen LogP contribution in [0.25, 0.3) is 0 Å². The normalized spacial score (nSPS) is 16.2. The highest BCUT2D eigenvalue weighted by Gasteiger charge is 2.20. The van der Waals surface area contributed by atoms with Crippen molar-refractivity contribution in [1.82, 2.24) is 0 Å². The number of oxime groups is 1. The molecule has 0 radical (unpaired) electrons. The molecule has 0 saturated heterocycles. The van der Waals surface area contributed by atoms with E-state index in [9.17, 15) is 8.42 Å². The highest BCUT2D eigenvalue weighted by atomic mass is 32.2. The van der Waals surface area contributed by atoms with Gasteiger partial charge in [-0.1, -0.05) is 34.5 Å². The summed E-state index contributed by atoms with van der Waals surface area (Å²) in [6.45, 7) is 3.90. The lowest BCUT2D eigenvalue weighted by Crippen LogP contribution is -2.12. The van der Waals surface area contributed by atoms with E-state index in [0.717, 1.165) is 27.3 Å². The second-order valence-corrected chi connectivity index (χ2v) is 8.14. The Labute approximate surface area is 140 Å². The first-order valence-electron chi connectivity index (χ1n) is 7.27. The summed E-state index contributed by atoms with van der Waals surface area (Å²) in [5.74, 6) is 0.864. The van der Waals surface area contributed by atoms with Crippen molar-refractivity contribution in [2.24, 2.45) is 5.16 Å². The molecule has 0 spiro atoms. The van der Waals surface area contributed by atoms with Crippen molar-refractivity contribution in [3.8, 4) is 0 Å². The minimum atomic E-state index is -3.88. The fourth-order valence-corrected chi connectivity index (χ4v) is 4.08. The van der Waals surface area contributed by atoms with Crippen LogP contribution in [0.15, 0.2) is 57.4 Å². The molecule has 0 atom stereocenters. The molecule has 1 aliphatic heterocycles. The Morgan fingerprint density at radius 2 is 1.74 bits per heavy atom. The number of rotatable bonds is 3. The lowest BCUT2D eigenvalue weighted by molar-refractivity contribution is 0.338. The summed E-state index contributed by atoms with van der Waals surface area (Å²) in [4.78, 5) is 1.22. The molecule has 0 aliphatic carbocycles. The van der Waals surface area contributed by atoms with Gasteiger partial charge < -0.3 is 0 Å². The molecule has 0 amide bonds. The fraction of sp³-hybridized carbons (Fsp3) is 0.235. The van der Waals surface area contributed by atoms with E-state index < -0.39 is 10.1 Å². The van der Waals surface area contributed by atoms with Crippen molar-refractivity contribution >= 4 is 27.6 Å². The van der Waals surface area contributed by atoms with Gasteiger partial charge in [-0.25, -0.2) is 0 Å². The van der Waals surface area contributed by atoms with Gasteiger partial charge in [-0.3, -0.25) is 4.28 Å². The van der Waals surface area contributed by atoms with Gasteiger partial charge in [0.25, 0.3) is 0 Å². The Morgan fingerprint density at radius 1 is 1.04 bits per heavy atom. The summed E-state index contributed by atoms with van der Waals surface area (Å²) in [5, 5.41) is 3.95. The predicted octanol–water partition coefficient (Wildman–Crippen LogP) is 3.91. The molecule has 1 heterocycles. The SMILES string of the molecule is Cc1ccc(S(=O)(=O)O/N=C2/CCSc3ccc(C)cc32)cc1. The van der Waals surface area contributed by atoms with E-state index in [1.54, 1.807) is 23.9 Å². The molecule has 120 valence electrons. The first kappa shape index (κ1) is 16.1. The molecule has 23 heavy (non-hydrogen) atoms. The fourth-order valence-electron chi connectivity index (χ4n) is 2.32. The van der Waals surface area contributed by atoms with Crippen molar-refractivity contribution < 1.29 is 12.7 Å². The van der Waals surface area contributed by atoms with Crippen LogP contribution in [0, 0.1) is 13.8 Å². The zero-order valence-corrected chi connectivity index (χ0v) is 14.6. The van der Waals surface area contributed by atoms with Crippen molar-refractivity contribution in [3.05, 3.63) is 59.2 Å². The zero-order chi connectivity index (χ0) is 16.4. The molecule has 2 aromatic carbocycles. The largest absolute Gasteiger partial charge is 0.358 e. The Kier molecular flexibility index (Phi) is 4.46. The Morgan fingerprint density at radius 3 is 2.48 bits per heavy atom. The van der Waals surface area contributed by atoms with Crippen LogP contribution >= 0.6 is 11.8 Å². The molecule has 0 aromatic heterocycles. The van der Waals surface area contributed by atoms with Crippen LogP contribution in [0.2, 0.25) is 0 Å². The van der Waals surface area contributed by atoms with Gasteiger partial charge in [0.15, 0.2) is 0 Å². The maximum absolute atomic E-state index is 12.2. The third-order valence-electron chi connectivity index (χ3n) is 3.60. The number of aryl methyl sites for hydroxylation is 2. The van der Waals surface area contributed by atoms with Crippen LogP contribution in [0.1, 0.15) is 23.1 Å². The second-order valence-electron chi connectivity index (χ2n) is 5.48. The van der Waals surface area contributed by atoms with Crippen LogP contribution in [0.5, 0.6) is 0 Å². The van der Waals surface area contributed by atoms with Gasteiger partial charge in [0, 0.05) is 22.6 Å². The van der Waals surface area contributed by atoms with Gasteiger partial charge in [-0.2, -0.15) is 8.42 Å². The monoisotopic (exact) mass is 347 g/mol. The summed E-state index contributed by atoms with van der Waals surface area (Å²) in [6.07, 6.45) is 0.685. The lowest BCUT2D eigenvalue weighted by atomic mass is 10.1. The molecule has 6 heteroatoms. The predicted molar refractivity (Wildman–Crippen MR) is 92.5 cm³/mol. The molecule has 0 N–H and O–H groups in total. The number of nitrogens with zero attached hydrogens (tertiary/aromatic N) is 1. The average Bonchev–Trinajstić information content (AvgIpc) is 2.53. The van der Waals surface area contributed by atoms with E-state index in [0.29, 0.717) is 12.1 Å². The molecular weight excluding hydrogens is 330 g/mol. The van der Waals surface area contributed by atoms with Crippen molar-refractivity contribution in [2.45, 2.75) is 30.1 Å². The van der Waals surface area contributed by atoms with Crippen molar-refractivity contribution in [2.75, 3.05) is 5.75 Å². The second kappa shape index (κ2) is 6.37. The summed E-state index contributed by atoms with van der Waals surface area (Å²) >= 11 is 1.75. The zero-order valence-electron chi connectivity index (χ0n) is 12.9. The lowest BCUT2D eigenvalue weighted by Gasteiger charge is -2.17. The smallest absolute Gasteiger partial charge is 0.264 e. The van der Waals surface area contributed by atoms with Crippen LogP contribution in [0.4, 0.5) is 0 Å². The highest BCUT2D eigenvalue weighted by molar-refractivity contribution is 7.99. The van der Waals surface area contributed by atoms with Gasteiger partial charge in [0.2, 0.25) is 0 Å². The molecule has 0 unspecified atom stereocenters. The highest BCUT2D eigenvalue weighted by Crippen LogP contribution is 2.31. The Balaban J connectivity index is 1.89. The Bertz CT molecular complexity index is 856. The summed E-state index contributed by atoms with van der Waals surface area (Å²) < 4.78 is 29.4. The number of benzene rings is 2. The third kappa shape index (κ3) is 3.59. The molecule has 2 aromatic rings. The van der Waals surface area contributed by atoms with Gasteiger partial charge in [-0.05, 0) is 38.1 Å². The van der Waals surface area contributed by atoms with Crippen LogP contribution in [0.3, 0.4) is 0 Å². The molecular formula is C17H17NO3S2. The van der Waals surface area contributed by atoms with Gasteiger partial charge >= 0.3 is 10.1 Å². The van der Waals surface area contributed by atoms with Gasteiger partial charge in [0.05, 0.1) is 5.71 Å². The van der Waals surface area contributed by atoms with Crippen LogP contribution in [-0.4, -0.2) is 19.9 Å².